The SMILES string of the molecule is N#CC(C#N)=CNc1ccc(-c2cn3c(n2)CCCC3)cc1. The summed E-state index contributed by atoms with van der Waals surface area (Å²) in [6.45, 7) is 1.05. The fourth-order valence-corrected chi connectivity index (χ4v) is 2.53. The second-order valence-corrected chi connectivity index (χ2v) is 5.20. The Morgan fingerprint density at radius 3 is 2.64 bits per heavy atom. The van der Waals surface area contributed by atoms with E-state index in [9.17, 15) is 0 Å². The van der Waals surface area contributed by atoms with Gasteiger partial charge in [0.2, 0.25) is 0 Å². The van der Waals surface area contributed by atoms with Gasteiger partial charge in [-0.05, 0) is 25.0 Å². The van der Waals surface area contributed by atoms with Crippen LogP contribution >= 0.6 is 0 Å². The number of hydrogen-bond donors (Lipinski definition) is 1. The van der Waals surface area contributed by atoms with Crippen molar-refractivity contribution < 1.29 is 0 Å². The van der Waals surface area contributed by atoms with Crippen molar-refractivity contribution in [1.82, 2.24) is 9.55 Å². The van der Waals surface area contributed by atoms with Crippen LogP contribution in [0.15, 0.2) is 42.2 Å². The maximum Gasteiger partial charge on any atom is 0.145 e. The highest BCUT2D eigenvalue weighted by Gasteiger charge is 2.12. The van der Waals surface area contributed by atoms with E-state index in [2.05, 4.69) is 16.1 Å². The summed E-state index contributed by atoms with van der Waals surface area (Å²) in [5.74, 6) is 1.17. The molecule has 1 aromatic heterocycles. The zero-order valence-electron chi connectivity index (χ0n) is 12.1. The number of nitriles is 2. The number of nitrogens with zero attached hydrogens (tertiary/aromatic N) is 4. The molecule has 5 nitrogen and oxygen atoms in total. The fraction of sp³-hybridized carbons (Fsp3) is 0.235. The van der Waals surface area contributed by atoms with Gasteiger partial charge >= 0.3 is 0 Å². The van der Waals surface area contributed by atoms with E-state index in [-0.39, 0.29) is 5.57 Å². The van der Waals surface area contributed by atoms with E-state index < -0.39 is 0 Å². The molecule has 0 atom stereocenters. The smallest absolute Gasteiger partial charge is 0.145 e. The molecule has 1 aromatic carbocycles. The first-order valence-electron chi connectivity index (χ1n) is 7.23. The molecule has 0 saturated carbocycles. The molecule has 1 aliphatic heterocycles. The molecular formula is C17H15N5. The molecule has 0 aliphatic carbocycles. The third-order valence-electron chi connectivity index (χ3n) is 3.71. The molecule has 1 aliphatic rings. The Kier molecular flexibility index (Phi) is 3.89. The number of anilines is 1. The third-order valence-corrected chi connectivity index (χ3v) is 3.71. The van der Waals surface area contributed by atoms with Crippen LogP contribution in [0.2, 0.25) is 0 Å². The van der Waals surface area contributed by atoms with Crippen molar-refractivity contribution in [3.05, 3.63) is 48.1 Å². The number of fused-ring (bicyclic) bond motifs is 1. The lowest BCUT2D eigenvalue weighted by Crippen LogP contribution is -2.08. The van der Waals surface area contributed by atoms with Gasteiger partial charge in [-0.3, -0.25) is 0 Å². The van der Waals surface area contributed by atoms with E-state index >= 15 is 0 Å². The van der Waals surface area contributed by atoms with E-state index in [1.165, 1.54) is 24.9 Å². The first kappa shape index (κ1) is 13.9. The first-order valence-corrected chi connectivity index (χ1v) is 7.23. The van der Waals surface area contributed by atoms with Gasteiger partial charge in [0.05, 0.1) is 5.69 Å². The van der Waals surface area contributed by atoms with Gasteiger partial charge in [0.1, 0.15) is 23.5 Å². The van der Waals surface area contributed by atoms with Crippen LogP contribution in [0, 0.1) is 22.7 Å². The Hall–Kier alpha value is -3.05. The molecule has 0 fully saturated rings. The lowest BCUT2D eigenvalue weighted by Gasteiger charge is -2.11. The summed E-state index contributed by atoms with van der Waals surface area (Å²) in [6.07, 6.45) is 7.00. The zero-order chi connectivity index (χ0) is 15.4. The predicted octanol–water partition coefficient (Wildman–Crippen LogP) is 3.23. The van der Waals surface area contributed by atoms with E-state index in [4.69, 9.17) is 15.5 Å². The van der Waals surface area contributed by atoms with Crippen molar-refractivity contribution in [2.75, 3.05) is 5.32 Å². The van der Waals surface area contributed by atoms with Crippen LogP contribution < -0.4 is 5.32 Å². The normalized spacial score (nSPS) is 12.6. The van der Waals surface area contributed by atoms with Crippen LogP contribution in [0.1, 0.15) is 18.7 Å². The number of imidazole rings is 1. The maximum atomic E-state index is 8.69. The molecule has 0 saturated heterocycles. The van der Waals surface area contributed by atoms with Gasteiger partial charge in [-0.2, -0.15) is 10.5 Å². The Morgan fingerprint density at radius 1 is 1.18 bits per heavy atom. The maximum absolute atomic E-state index is 8.69. The molecule has 0 amide bonds. The second-order valence-electron chi connectivity index (χ2n) is 5.20. The van der Waals surface area contributed by atoms with Gasteiger partial charge in [0.15, 0.2) is 0 Å². The molecule has 108 valence electrons. The second kappa shape index (κ2) is 6.15. The molecule has 0 radical (unpaired) electrons. The number of benzene rings is 1. The molecule has 0 bridgehead atoms. The molecule has 5 heteroatoms. The molecule has 2 aromatic rings. The van der Waals surface area contributed by atoms with Crippen molar-refractivity contribution in [3.63, 3.8) is 0 Å². The summed E-state index contributed by atoms with van der Waals surface area (Å²) in [6, 6.07) is 11.4. The summed E-state index contributed by atoms with van der Waals surface area (Å²) in [5, 5.41) is 20.3. The standard InChI is InChI=1S/C17H15N5/c18-9-13(10-19)11-20-15-6-4-14(5-7-15)16-12-22-8-2-1-3-17(22)21-16/h4-7,11-12,20H,1-3,8H2. The molecule has 3 rings (SSSR count). The van der Waals surface area contributed by atoms with E-state index in [1.54, 1.807) is 0 Å². The molecule has 2 heterocycles. The van der Waals surface area contributed by atoms with Gasteiger partial charge in [-0.25, -0.2) is 4.98 Å². The number of aryl methyl sites for hydroxylation is 2. The predicted molar refractivity (Wildman–Crippen MR) is 83.5 cm³/mol. The highest BCUT2D eigenvalue weighted by atomic mass is 15.1. The number of allylic oxidation sites excluding steroid dienone is 1. The van der Waals surface area contributed by atoms with Crippen molar-refractivity contribution in [2.45, 2.75) is 25.8 Å². The Labute approximate surface area is 129 Å². The minimum Gasteiger partial charge on any atom is -0.360 e. The van der Waals surface area contributed by atoms with Crippen molar-refractivity contribution in [2.24, 2.45) is 0 Å². The lowest BCUT2D eigenvalue weighted by molar-refractivity contribution is 0.522. The van der Waals surface area contributed by atoms with E-state index in [0.29, 0.717) is 0 Å². The van der Waals surface area contributed by atoms with Gasteiger partial charge in [-0.1, -0.05) is 12.1 Å². The molecule has 0 unspecified atom stereocenters. The highest BCUT2D eigenvalue weighted by Crippen LogP contribution is 2.23. The number of aromatic nitrogens is 2. The minimum atomic E-state index is 0.0471. The van der Waals surface area contributed by atoms with E-state index in [1.807, 2.05) is 36.4 Å². The number of nitrogens with one attached hydrogen (secondary N) is 1. The monoisotopic (exact) mass is 289 g/mol. The Morgan fingerprint density at radius 2 is 1.95 bits per heavy atom. The average molecular weight is 289 g/mol. The van der Waals surface area contributed by atoms with Gasteiger partial charge in [0.25, 0.3) is 0 Å². The molecule has 22 heavy (non-hydrogen) atoms. The van der Waals surface area contributed by atoms with Crippen LogP contribution in [-0.4, -0.2) is 9.55 Å². The highest BCUT2D eigenvalue weighted by molar-refractivity contribution is 5.63. The first-order chi connectivity index (χ1) is 10.8. The summed E-state index contributed by atoms with van der Waals surface area (Å²) in [5.41, 5.74) is 2.94. The van der Waals surface area contributed by atoms with Gasteiger partial charge in [0, 0.05) is 36.6 Å². The topological polar surface area (TPSA) is 77.4 Å². The Bertz CT molecular complexity index is 744. The lowest BCUT2D eigenvalue weighted by atomic mass is 10.1. The van der Waals surface area contributed by atoms with Crippen LogP contribution in [0.25, 0.3) is 11.3 Å². The number of hydrogen-bond acceptors (Lipinski definition) is 4. The van der Waals surface area contributed by atoms with Crippen molar-refractivity contribution >= 4 is 5.69 Å². The van der Waals surface area contributed by atoms with Gasteiger partial charge < -0.3 is 9.88 Å². The van der Waals surface area contributed by atoms with Crippen LogP contribution in [0.4, 0.5) is 5.69 Å². The third kappa shape index (κ3) is 2.84. The van der Waals surface area contributed by atoms with Crippen molar-refractivity contribution in [3.8, 4) is 23.4 Å². The van der Waals surface area contributed by atoms with Crippen molar-refractivity contribution in [1.29, 1.82) is 10.5 Å². The average Bonchev–Trinajstić information content (AvgIpc) is 3.00. The minimum absolute atomic E-state index is 0.0471. The zero-order valence-corrected chi connectivity index (χ0v) is 12.1. The summed E-state index contributed by atoms with van der Waals surface area (Å²) < 4.78 is 2.24. The van der Waals surface area contributed by atoms with E-state index in [0.717, 1.165) is 29.9 Å². The molecule has 0 spiro atoms. The fourth-order valence-electron chi connectivity index (χ4n) is 2.53. The summed E-state index contributed by atoms with van der Waals surface area (Å²) >= 11 is 0. The van der Waals surface area contributed by atoms with Crippen LogP contribution in [0.3, 0.4) is 0 Å². The summed E-state index contributed by atoms with van der Waals surface area (Å²) in [7, 11) is 0. The van der Waals surface area contributed by atoms with Crippen LogP contribution in [-0.2, 0) is 13.0 Å². The molecule has 1 N–H and O–H groups in total. The van der Waals surface area contributed by atoms with Crippen LogP contribution in [0.5, 0.6) is 0 Å². The summed E-state index contributed by atoms with van der Waals surface area (Å²) in [4.78, 5) is 4.70. The quantitative estimate of drug-likeness (QED) is 0.880. The Balaban J connectivity index is 1.77. The molecular weight excluding hydrogens is 274 g/mol. The van der Waals surface area contributed by atoms with Gasteiger partial charge in [-0.15, -0.1) is 0 Å². The number of rotatable bonds is 3. The largest absolute Gasteiger partial charge is 0.360 e.